The molecule has 5 heteroatoms. The molecule has 2 nitrogen and oxygen atoms in total. The first-order valence-electron chi connectivity index (χ1n) is 5.73. The number of H-pyrrole nitrogens is 1. The molecule has 2 aromatic carbocycles. The lowest BCUT2D eigenvalue weighted by atomic mass is 10.2. The van der Waals surface area contributed by atoms with Crippen molar-refractivity contribution in [2.75, 3.05) is 0 Å². The molecule has 0 aliphatic carbocycles. The number of aromatic amines is 1. The van der Waals surface area contributed by atoms with Crippen LogP contribution in [0.3, 0.4) is 0 Å². The number of halogens is 2. The molecule has 3 rings (SSSR count). The molecule has 0 aliphatic rings. The van der Waals surface area contributed by atoms with Gasteiger partial charge >= 0.3 is 0 Å². The van der Waals surface area contributed by atoms with Crippen LogP contribution in [-0.2, 0) is 0 Å². The van der Waals surface area contributed by atoms with Crippen molar-refractivity contribution < 1.29 is 4.39 Å². The highest BCUT2D eigenvalue weighted by Crippen LogP contribution is 2.25. The van der Waals surface area contributed by atoms with Crippen molar-refractivity contribution in [3.8, 4) is 5.69 Å². The Bertz CT molecular complexity index is 835. The van der Waals surface area contributed by atoms with Crippen LogP contribution >= 0.6 is 23.8 Å². The van der Waals surface area contributed by atoms with E-state index in [9.17, 15) is 4.39 Å². The molecule has 0 amide bonds. The minimum absolute atomic E-state index is 0.365. The van der Waals surface area contributed by atoms with Crippen molar-refractivity contribution in [2.24, 2.45) is 0 Å². The van der Waals surface area contributed by atoms with Gasteiger partial charge in [-0.25, -0.2) is 4.39 Å². The molecule has 1 aromatic heterocycles. The van der Waals surface area contributed by atoms with Gasteiger partial charge in [-0.05, 0) is 49.0 Å². The van der Waals surface area contributed by atoms with Gasteiger partial charge in [-0.15, -0.1) is 0 Å². The summed E-state index contributed by atoms with van der Waals surface area (Å²) in [6.45, 7) is 1.98. The summed E-state index contributed by atoms with van der Waals surface area (Å²) in [5.41, 5.74) is 3.23. The van der Waals surface area contributed by atoms with Crippen LogP contribution in [0.15, 0.2) is 36.4 Å². The molecule has 0 radical (unpaired) electrons. The second-order valence-electron chi connectivity index (χ2n) is 4.33. The first-order chi connectivity index (χ1) is 9.08. The standard InChI is InChI=1S/C14H10ClFN2S/c1-8-3-2-4-12-13(8)17-14(19)18(12)11-6-5-9(15)7-10(11)16/h2-7H,1H3,(H,17,19). The first kappa shape index (κ1) is 12.4. The van der Waals surface area contributed by atoms with E-state index >= 15 is 0 Å². The maximum absolute atomic E-state index is 14.1. The Labute approximate surface area is 119 Å². The number of benzene rings is 2. The van der Waals surface area contributed by atoms with Gasteiger partial charge in [-0.3, -0.25) is 4.57 Å². The fourth-order valence-electron chi connectivity index (χ4n) is 2.18. The van der Waals surface area contributed by atoms with Crippen LogP contribution in [0.1, 0.15) is 5.56 Å². The van der Waals surface area contributed by atoms with Gasteiger partial charge in [0.2, 0.25) is 0 Å². The number of hydrogen-bond donors (Lipinski definition) is 1. The molecule has 0 unspecified atom stereocenters. The number of hydrogen-bond acceptors (Lipinski definition) is 1. The Morgan fingerprint density at radius 2 is 2.05 bits per heavy atom. The van der Waals surface area contributed by atoms with E-state index in [2.05, 4.69) is 4.98 Å². The first-order valence-corrected chi connectivity index (χ1v) is 6.52. The Balaban J connectivity index is 2.40. The normalized spacial score (nSPS) is 11.1. The number of para-hydroxylation sites is 1. The molecule has 0 spiro atoms. The molecule has 0 atom stereocenters. The SMILES string of the molecule is Cc1cccc2c1[nH]c(=S)n2-c1ccc(Cl)cc1F. The number of rotatable bonds is 1. The number of imidazole rings is 1. The molecule has 1 heterocycles. The van der Waals surface area contributed by atoms with Gasteiger partial charge < -0.3 is 4.98 Å². The number of fused-ring (bicyclic) bond motifs is 1. The molecule has 0 saturated carbocycles. The Kier molecular flexibility index (Phi) is 2.92. The zero-order valence-electron chi connectivity index (χ0n) is 10.1. The van der Waals surface area contributed by atoms with Crippen molar-refractivity contribution >= 4 is 34.9 Å². The van der Waals surface area contributed by atoms with Crippen LogP contribution < -0.4 is 0 Å². The highest BCUT2D eigenvalue weighted by molar-refractivity contribution is 7.71. The lowest BCUT2D eigenvalue weighted by Gasteiger charge is -2.06. The lowest BCUT2D eigenvalue weighted by molar-refractivity contribution is 0.619. The summed E-state index contributed by atoms with van der Waals surface area (Å²) in [5.74, 6) is -0.397. The number of nitrogens with one attached hydrogen (secondary N) is 1. The number of aromatic nitrogens is 2. The lowest BCUT2D eigenvalue weighted by Crippen LogP contribution is -1.97. The molecule has 0 bridgehead atoms. The third kappa shape index (κ3) is 1.97. The van der Waals surface area contributed by atoms with Gasteiger partial charge in [0.05, 0.1) is 16.7 Å². The number of nitrogens with zero attached hydrogens (tertiary/aromatic N) is 1. The predicted octanol–water partition coefficient (Wildman–Crippen LogP) is 4.79. The van der Waals surface area contributed by atoms with E-state index in [1.165, 1.54) is 6.07 Å². The largest absolute Gasteiger partial charge is 0.330 e. The van der Waals surface area contributed by atoms with E-state index in [0.717, 1.165) is 16.6 Å². The van der Waals surface area contributed by atoms with Crippen molar-refractivity contribution in [3.63, 3.8) is 0 Å². The Morgan fingerprint density at radius 3 is 2.79 bits per heavy atom. The van der Waals surface area contributed by atoms with Crippen molar-refractivity contribution in [2.45, 2.75) is 6.92 Å². The molecular formula is C14H10ClFN2S. The second kappa shape index (κ2) is 4.47. The minimum Gasteiger partial charge on any atom is -0.330 e. The van der Waals surface area contributed by atoms with Gasteiger partial charge in [0, 0.05) is 5.02 Å². The van der Waals surface area contributed by atoms with Gasteiger partial charge in [-0.1, -0.05) is 23.7 Å². The summed E-state index contributed by atoms with van der Waals surface area (Å²) in [5, 5.41) is 0.365. The maximum Gasteiger partial charge on any atom is 0.182 e. The topological polar surface area (TPSA) is 20.7 Å². The molecule has 0 aliphatic heterocycles. The summed E-state index contributed by atoms with van der Waals surface area (Å²) >= 11 is 11.1. The van der Waals surface area contributed by atoms with Gasteiger partial charge in [0.25, 0.3) is 0 Å². The molecular weight excluding hydrogens is 283 g/mol. The summed E-state index contributed by atoms with van der Waals surface area (Å²) in [6, 6.07) is 10.4. The molecule has 0 saturated heterocycles. The minimum atomic E-state index is -0.397. The van der Waals surface area contributed by atoms with E-state index in [-0.39, 0.29) is 0 Å². The van der Waals surface area contributed by atoms with Crippen LogP contribution in [0.4, 0.5) is 4.39 Å². The zero-order valence-corrected chi connectivity index (χ0v) is 11.6. The summed E-state index contributed by atoms with van der Waals surface area (Å²) in [7, 11) is 0. The van der Waals surface area contributed by atoms with E-state index < -0.39 is 5.82 Å². The van der Waals surface area contributed by atoms with Crippen LogP contribution in [0.25, 0.3) is 16.7 Å². The van der Waals surface area contributed by atoms with Crippen LogP contribution in [0.2, 0.25) is 5.02 Å². The highest BCUT2D eigenvalue weighted by Gasteiger charge is 2.11. The quantitative estimate of drug-likeness (QED) is 0.640. The van der Waals surface area contributed by atoms with E-state index in [1.54, 1.807) is 16.7 Å². The molecule has 19 heavy (non-hydrogen) atoms. The fraction of sp³-hybridized carbons (Fsp3) is 0.0714. The zero-order chi connectivity index (χ0) is 13.6. The van der Waals surface area contributed by atoms with Gasteiger partial charge in [0.1, 0.15) is 5.82 Å². The smallest absolute Gasteiger partial charge is 0.182 e. The van der Waals surface area contributed by atoms with Crippen LogP contribution in [0, 0.1) is 17.5 Å². The van der Waals surface area contributed by atoms with E-state index in [1.807, 2.05) is 25.1 Å². The second-order valence-corrected chi connectivity index (χ2v) is 5.15. The average Bonchev–Trinajstić information content (AvgIpc) is 2.68. The Morgan fingerprint density at radius 1 is 1.26 bits per heavy atom. The maximum atomic E-state index is 14.1. The summed E-state index contributed by atoms with van der Waals surface area (Å²) < 4.78 is 16.2. The van der Waals surface area contributed by atoms with E-state index in [4.69, 9.17) is 23.8 Å². The van der Waals surface area contributed by atoms with E-state index in [0.29, 0.717) is 15.5 Å². The predicted molar refractivity (Wildman–Crippen MR) is 78.2 cm³/mol. The average molecular weight is 293 g/mol. The van der Waals surface area contributed by atoms with Crippen LogP contribution in [0.5, 0.6) is 0 Å². The van der Waals surface area contributed by atoms with Gasteiger partial charge in [0.15, 0.2) is 4.77 Å². The Hall–Kier alpha value is -1.65. The molecule has 3 aromatic rings. The van der Waals surface area contributed by atoms with Crippen molar-refractivity contribution in [1.82, 2.24) is 9.55 Å². The summed E-state index contributed by atoms with van der Waals surface area (Å²) in [6.07, 6.45) is 0. The molecule has 96 valence electrons. The third-order valence-corrected chi connectivity index (χ3v) is 3.60. The molecule has 0 fully saturated rings. The van der Waals surface area contributed by atoms with Crippen molar-refractivity contribution in [3.05, 3.63) is 57.6 Å². The van der Waals surface area contributed by atoms with Crippen LogP contribution in [-0.4, -0.2) is 9.55 Å². The fourth-order valence-corrected chi connectivity index (χ4v) is 2.63. The third-order valence-electron chi connectivity index (χ3n) is 3.08. The molecule has 1 N–H and O–H groups in total. The number of aryl methyl sites for hydroxylation is 1. The van der Waals surface area contributed by atoms with Gasteiger partial charge in [-0.2, -0.15) is 0 Å². The monoisotopic (exact) mass is 292 g/mol. The van der Waals surface area contributed by atoms with Crippen molar-refractivity contribution in [1.29, 1.82) is 0 Å². The summed E-state index contributed by atoms with van der Waals surface area (Å²) in [4.78, 5) is 3.11. The highest BCUT2D eigenvalue weighted by atomic mass is 35.5.